The van der Waals surface area contributed by atoms with Gasteiger partial charge in [0.05, 0.1) is 0 Å². The van der Waals surface area contributed by atoms with E-state index in [0.717, 1.165) is 51.3 Å². The molecular weight excluding hydrogens is 364 g/mol. The highest BCUT2D eigenvalue weighted by Gasteiger charge is 2.64. The van der Waals surface area contributed by atoms with E-state index in [1.807, 2.05) is 0 Å². The van der Waals surface area contributed by atoms with Crippen LogP contribution in [0.5, 0.6) is 0 Å². The van der Waals surface area contributed by atoms with Crippen molar-refractivity contribution in [2.45, 2.75) is 69.8 Å². The quantitative estimate of drug-likeness (QED) is 0.259. The molecule has 0 unspecified atom stereocenters. The fourth-order valence-corrected chi connectivity index (χ4v) is 2.94. The number of carbonyl (C=O) groups is 1. The largest absolute Gasteiger partial charge is 0.457 e. The van der Waals surface area contributed by atoms with Gasteiger partial charge in [-0.3, -0.25) is 0 Å². The number of methoxy groups -OCH3 is 1. The Morgan fingerprint density at radius 2 is 1.63 bits per heavy atom. The minimum absolute atomic E-state index is 0.181. The summed E-state index contributed by atoms with van der Waals surface area (Å²) < 4.78 is 64.1. The molecule has 0 aliphatic heterocycles. The molecule has 0 fully saturated rings. The summed E-state index contributed by atoms with van der Waals surface area (Å²) in [4.78, 5) is 12.5. The Bertz CT molecular complexity index is 548. The lowest BCUT2D eigenvalue weighted by atomic mass is 9.92. The van der Waals surface area contributed by atoms with Gasteiger partial charge in [-0.05, 0) is 12.8 Å². The number of rotatable bonds is 12. The Balaban J connectivity index is 2.84. The van der Waals surface area contributed by atoms with Crippen molar-refractivity contribution < 1.29 is 31.8 Å². The number of benzene rings is 1. The first-order valence-corrected chi connectivity index (χ1v) is 9.27. The van der Waals surface area contributed by atoms with E-state index >= 15 is 0 Å². The highest BCUT2D eigenvalue weighted by atomic mass is 19.4. The minimum atomic E-state index is -5.05. The van der Waals surface area contributed by atoms with Crippen LogP contribution in [0.2, 0.25) is 0 Å². The van der Waals surface area contributed by atoms with Crippen molar-refractivity contribution in [3.63, 3.8) is 0 Å². The summed E-state index contributed by atoms with van der Waals surface area (Å²) in [5.41, 5.74) is -3.68. The van der Waals surface area contributed by atoms with Gasteiger partial charge in [-0.15, -0.1) is 0 Å². The maximum Gasteiger partial charge on any atom is 0.432 e. The highest BCUT2D eigenvalue weighted by molar-refractivity contribution is 5.82. The lowest BCUT2D eigenvalue weighted by Crippen LogP contribution is -2.52. The monoisotopic (exact) mass is 392 g/mol. The van der Waals surface area contributed by atoms with E-state index in [0.29, 0.717) is 6.42 Å². The zero-order valence-electron chi connectivity index (χ0n) is 15.9. The number of alkyl halides is 4. The minimum Gasteiger partial charge on any atom is -0.457 e. The maximum atomic E-state index is 13.8. The third-order valence-corrected chi connectivity index (χ3v) is 4.50. The Hall–Kier alpha value is -1.63. The van der Waals surface area contributed by atoms with E-state index in [2.05, 4.69) is 11.7 Å². The van der Waals surface area contributed by atoms with Crippen LogP contribution in [-0.2, 0) is 19.9 Å². The van der Waals surface area contributed by atoms with Crippen molar-refractivity contribution in [3.8, 4) is 0 Å². The van der Waals surface area contributed by atoms with E-state index in [1.54, 1.807) is 0 Å². The molecule has 0 saturated heterocycles. The summed E-state index contributed by atoms with van der Waals surface area (Å²) >= 11 is 0. The van der Waals surface area contributed by atoms with Crippen LogP contribution in [0.1, 0.15) is 57.4 Å². The van der Waals surface area contributed by atoms with Crippen LogP contribution in [0.25, 0.3) is 0 Å². The van der Waals surface area contributed by atoms with Crippen LogP contribution < -0.4 is 0 Å². The molecule has 7 heteroatoms. The Morgan fingerprint density at radius 1 is 1.04 bits per heavy atom. The molecule has 0 aliphatic carbocycles. The van der Waals surface area contributed by atoms with E-state index in [4.69, 9.17) is 4.74 Å². The van der Waals surface area contributed by atoms with Crippen LogP contribution in [0.4, 0.5) is 17.6 Å². The van der Waals surface area contributed by atoms with Gasteiger partial charge in [0.2, 0.25) is 0 Å². The standard InChI is InChI=1S/C20H28F4O3/c1-3-4-5-6-7-11-14-17(15-21)27-18(25)19(26-2,20(22,23)24)16-12-9-8-10-13-16/h8-10,12-13,17H,3-7,11,14-15H2,1-2H3/t17-,19-/m0/s1. The molecule has 154 valence electrons. The number of esters is 1. The second-order valence-electron chi connectivity index (χ2n) is 6.49. The smallest absolute Gasteiger partial charge is 0.432 e. The number of hydrogen-bond acceptors (Lipinski definition) is 3. The summed E-state index contributed by atoms with van der Waals surface area (Å²) in [6.45, 7) is 1.06. The van der Waals surface area contributed by atoms with Gasteiger partial charge in [0.15, 0.2) is 0 Å². The summed E-state index contributed by atoms with van der Waals surface area (Å²) in [5.74, 6) is -1.64. The predicted octanol–water partition coefficient (Wildman–Crippen LogP) is 5.72. The van der Waals surface area contributed by atoms with E-state index < -0.39 is 36.1 Å². The molecule has 0 amide bonds. The normalized spacial score (nSPS) is 15.2. The van der Waals surface area contributed by atoms with Gasteiger partial charge in [-0.1, -0.05) is 69.4 Å². The molecule has 0 radical (unpaired) electrons. The molecule has 0 bridgehead atoms. The van der Waals surface area contributed by atoms with Crippen molar-refractivity contribution >= 4 is 5.97 Å². The van der Waals surface area contributed by atoms with Crippen LogP contribution >= 0.6 is 0 Å². The molecule has 1 aromatic carbocycles. The molecule has 0 N–H and O–H groups in total. The number of ether oxygens (including phenoxy) is 2. The lowest BCUT2D eigenvalue weighted by Gasteiger charge is -2.33. The molecule has 1 aromatic rings. The Morgan fingerprint density at radius 3 is 2.15 bits per heavy atom. The molecule has 0 heterocycles. The molecule has 0 saturated carbocycles. The van der Waals surface area contributed by atoms with E-state index in [9.17, 15) is 22.4 Å². The van der Waals surface area contributed by atoms with Crippen LogP contribution in [0, 0.1) is 0 Å². The van der Waals surface area contributed by atoms with Gasteiger partial charge in [-0.2, -0.15) is 13.2 Å². The Kier molecular flexibility index (Phi) is 9.77. The van der Waals surface area contributed by atoms with Crippen molar-refractivity contribution in [1.82, 2.24) is 0 Å². The zero-order chi connectivity index (χ0) is 20.3. The third-order valence-electron chi connectivity index (χ3n) is 4.50. The van der Waals surface area contributed by atoms with Gasteiger partial charge in [0.1, 0.15) is 12.8 Å². The summed E-state index contributed by atoms with van der Waals surface area (Å²) in [6.07, 6.45) is -0.446. The summed E-state index contributed by atoms with van der Waals surface area (Å²) in [6, 6.07) is 6.53. The molecule has 0 aliphatic rings. The average Bonchev–Trinajstić information content (AvgIpc) is 2.64. The van der Waals surface area contributed by atoms with Crippen molar-refractivity contribution in [1.29, 1.82) is 0 Å². The number of hydrogen-bond donors (Lipinski definition) is 0. The molecule has 0 aromatic heterocycles. The maximum absolute atomic E-state index is 13.8. The fraction of sp³-hybridized carbons (Fsp3) is 0.650. The van der Waals surface area contributed by atoms with Crippen LogP contribution in [0.3, 0.4) is 0 Å². The van der Waals surface area contributed by atoms with Gasteiger partial charge in [0.25, 0.3) is 5.60 Å². The number of unbranched alkanes of at least 4 members (excludes halogenated alkanes) is 5. The second kappa shape index (κ2) is 11.3. The van der Waals surface area contributed by atoms with Crippen molar-refractivity contribution in [2.24, 2.45) is 0 Å². The van der Waals surface area contributed by atoms with E-state index in [1.165, 1.54) is 18.2 Å². The predicted molar refractivity (Wildman–Crippen MR) is 95.0 cm³/mol. The lowest BCUT2D eigenvalue weighted by molar-refractivity contribution is -0.278. The first kappa shape index (κ1) is 23.4. The number of halogens is 4. The van der Waals surface area contributed by atoms with Crippen LogP contribution in [-0.4, -0.2) is 32.0 Å². The SMILES string of the molecule is CCCCCCCC[C@@H](CF)OC(=O)[C@@](OC)(c1ccccc1)C(F)(F)F. The molecular formula is C20H28F4O3. The van der Waals surface area contributed by atoms with Gasteiger partial charge in [0, 0.05) is 12.7 Å². The average molecular weight is 392 g/mol. The Labute approximate surface area is 158 Å². The van der Waals surface area contributed by atoms with Gasteiger partial charge < -0.3 is 9.47 Å². The van der Waals surface area contributed by atoms with Crippen molar-refractivity contribution in [3.05, 3.63) is 35.9 Å². The third kappa shape index (κ3) is 6.19. The molecule has 1 rings (SSSR count). The van der Waals surface area contributed by atoms with E-state index in [-0.39, 0.29) is 6.42 Å². The van der Waals surface area contributed by atoms with Crippen molar-refractivity contribution in [2.75, 3.05) is 13.8 Å². The summed E-state index contributed by atoms with van der Waals surface area (Å²) in [5, 5.41) is 0. The highest BCUT2D eigenvalue weighted by Crippen LogP contribution is 2.43. The molecule has 27 heavy (non-hydrogen) atoms. The fourth-order valence-electron chi connectivity index (χ4n) is 2.94. The number of carbonyl (C=O) groups excluding carboxylic acids is 1. The molecule has 3 nitrogen and oxygen atoms in total. The molecule has 0 spiro atoms. The van der Waals surface area contributed by atoms with Gasteiger partial charge in [-0.25, -0.2) is 9.18 Å². The molecule has 2 atom stereocenters. The van der Waals surface area contributed by atoms with Gasteiger partial charge >= 0.3 is 12.1 Å². The van der Waals surface area contributed by atoms with Crippen LogP contribution in [0.15, 0.2) is 30.3 Å². The zero-order valence-corrected chi connectivity index (χ0v) is 15.9. The summed E-state index contributed by atoms with van der Waals surface area (Å²) in [7, 11) is 0.792. The first-order valence-electron chi connectivity index (χ1n) is 9.27. The first-order chi connectivity index (χ1) is 12.8. The second-order valence-corrected chi connectivity index (χ2v) is 6.49. The topological polar surface area (TPSA) is 35.5 Å².